The van der Waals surface area contributed by atoms with Gasteiger partial charge >= 0.3 is 15.9 Å². The van der Waals surface area contributed by atoms with Crippen LogP contribution >= 0.6 is 0 Å². The molecule has 1 aromatic heterocycles. The molecule has 0 amide bonds. The highest BCUT2D eigenvalue weighted by Crippen LogP contribution is 2.28. The van der Waals surface area contributed by atoms with Gasteiger partial charge in [0, 0.05) is 0 Å². The molecule has 142 valence electrons. The van der Waals surface area contributed by atoms with Crippen molar-refractivity contribution in [2.45, 2.75) is 15.5 Å². The van der Waals surface area contributed by atoms with Crippen molar-refractivity contribution in [1.82, 2.24) is 20.2 Å². The third-order valence-electron chi connectivity index (χ3n) is 3.32. The van der Waals surface area contributed by atoms with E-state index in [0.717, 1.165) is 18.2 Å². The number of nitrogens with zero attached hydrogens (tertiary/aromatic N) is 4. The lowest BCUT2D eigenvalue weighted by atomic mass is 10.3. The fourth-order valence-electron chi connectivity index (χ4n) is 2.09. The lowest BCUT2D eigenvalue weighted by Gasteiger charge is -2.11. The van der Waals surface area contributed by atoms with Crippen LogP contribution in [-0.2, 0) is 20.0 Å². The number of tetrazole rings is 1. The van der Waals surface area contributed by atoms with Crippen LogP contribution in [-0.4, -0.2) is 42.8 Å². The first-order chi connectivity index (χ1) is 12.7. The summed E-state index contributed by atoms with van der Waals surface area (Å²) in [5.74, 6) is -3.93. The molecule has 27 heavy (non-hydrogen) atoms. The molecule has 0 aliphatic carbocycles. The van der Waals surface area contributed by atoms with Gasteiger partial charge in [0.2, 0.25) is 9.84 Å². The highest BCUT2D eigenvalue weighted by atomic mass is 32.2. The molecule has 9 nitrogen and oxygen atoms in total. The summed E-state index contributed by atoms with van der Waals surface area (Å²) in [6.07, 6.45) is 1.32. The maximum Gasteiger partial charge on any atom is 0.341 e. The fourth-order valence-corrected chi connectivity index (χ4v) is 4.57. The molecule has 3 rings (SSSR count). The van der Waals surface area contributed by atoms with Crippen molar-refractivity contribution in [3.63, 3.8) is 0 Å². The molecule has 2 aromatic carbocycles. The van der Waals surface area contributed by atoms with Crippen LogP contribution in [0.5, 0.6) is 5.75 Å². The van der Waals surface area contributed by atoms with Crippen LogP contribution in [0, 0.1) is 0 Å². The van der Waals surface area contributed by atoms with Crippen LogP contribution in [0.15, 0.2) is 64.6 Å². The van der Waals surface area contributed by atoms with Gasteiger partial charge in [-0.2, -0.15) is 17.2 Å². The Kier molecular flexibility index (Phi) is 4.89. The zero-order chi connectivity index (χ0) is 19.7. The summed E-state index contributed by atoms with van der Waals surface area (Å²) in [6.45, 7) is 0. The fraction of sp³-hybridized carbons (Fsp3) is 0.0714. The zero-order valence-electron chi connectivity index (χ0n) is 13.2. The van der Waals surface area contributed by atoms with Crippen molar-refractivity contribution < 1.29 is 29.8 Å². The van der Waals surface area contributed by atoms with E-state index >= 15 is 0 Å². The normalized spacial score (nSPS) is 12.3. The van der Waals surface area contributed by atoms with E-state index in [2.05, 4.69) is 15.5 Å². The van der Waals surface area contributed by atoms with E-state index in [-0.39, 0.29) is 5.75 Å². The number of sulfone groups is 1. The smallest absolute Gasteiger partial charge is 0.341 e. The van der Waals surface area contributed by atoms with E-state index in [1.165, 1.54) is 41.3 Å². The minimum absolute atomic E-state index is 0.156. The van der Waals surface area contributed by atoms with Gasteiger partial charge in [-0.25, -0.2) is 13.1 Å². The van der Waals surface area contributed by atoms with Crippen molar-refractivity contribution >= 4 is 20.0 Å². The van der Waals surface area contributed by atoms with Gasteiger partial charge in [-0.05, 0) is 46.8 Å². The minimum Gasteiger partial charge on any atom is -0.379 e. The second kappa shape index (κ2) is 7.00. The minimum atomic E-state index is -5.14. The molecule has 0 bridgehead atoms. The molecule has 0 aliphatic heterocycles. The third kappa shape index (κ3) is 3.78. The summed E-state index contributed by atoms with van der Waals surface area (Å²) in [5, 5.41) is 10.6. The Morgan fingerprint density at radius 2 is 1.56 bits per heavy atom. The van der Waals surface area contributed by atoms with E-state index in [1.807, 2.05) is 0 Å². The summed E-state index contributed by atoms with van der Waals surface area (Å²) in [7, 11) is -9.82. The highest BCUT2D eigenvalue weighted by molar-refractivity contribution is 7.93. The van der Waals surface area contributed by atoms with Crippen LogP contribution in [0.25, 0.3) is 5.69 Å². The molecule has 0 saturated heterocycles. The molecule has 1 heterocycles. The topological polar surface area (TPSA) is 121 Å². The molecule has 0 atom stereocenters. The maximum atomic E-state index is 12.8. The van der Waals surface area contributed by atoms with Crippen molar-refractivity contribution in [3.05, 3.63) is 54.9 Å². The number of hydrogen-bond donors (Lipinski definition) is 0. The predicted octanol–water partition coefficient (Wildman–Crippen LogP) is 1.43. The number of rotatable bonds is 6. The summed E-state index contributed by atoms with van der Waals surface area (Å²) >= 11 is 0. The average molecular weight is 416 g/mol. The Labute approximate surface area is 152 Å². The Hall–Kier alpha value is -2.93. The summed E-state index contributed by atoms with van der Waals surface area (Å²) in [6, 6.07) is 9.43. The van der Waals surface area contributed by atoms with Gasteiger partial charge in [0.15, 0.2) is 0 Å². The maximum absolute atomic E-state index is 12.8. The molecule has 0 radical (unpaired) electrons. The van der Waals surface area contributed by atoms with Gasteiger partial charge in [-0.1, -0.05) is 12.1 Å². The van der Waals surface area contributed by atoms with Crippen molar-refractivity contribution in [2.75, 3.05) is 0 Å². The van der Waals surface area contributed by atoms with Gasteiger partial charge < -0.3 is 4.18 Å². The number of halogens is 2. The first kappa shape index (κ1) is 18.8. The molecular formula is C14H10F2N4O5S2. The summed E-state index contributed by atoms with van der Waals surface area (Å²) in [5.41, 5.74) is 0.505. The molecule has 0 fully saturated rings. The molecule has 0 aliphatic rings. The first-order valence-electron chi connectivity index (χ1n) is 7.11. The third-order valence-corrected chi connectivity index (χ3v) is 6.19. The number of aromatic nitrogens is 4. The van der Waals surface area contributed by atoms with Crippen molar-refractivity contribution in [3.8, 4) is 11.4 Å². The second-order valence-electron chi connectivity index (χ2n) is 5.04. The van der Waals surface area contributed by atoms with E-state index in [1.54, 1.807) is 0 Å². The van der Waals surface area contributed by atoms with Gasteiger partial charge in [-0.3, -0.25) is 0 Å². The Balaban J connectivity index is 1.95. The largest absolute Gasteiger partial charge is 0.379 e. The summed E-state index contributed by atoms with van der Waals surface area (Å²) < 4.78 is 80.2. The zero-order valence-corrected chi connectivity index (χ0v) is 14.8. The van der Waals surface area contributed by atoms with E-state index in [4.69, 9.17) is 4.18 Å². The lowest BCUT2D eigenvalue weighted by molar-refractivity contribution is 0.234. The van der Waals surface area contributed by atoms with Crippen LogP contribution in [0.1, 0.15) is 0 Å². The van der Waals surface area contributed by atoms with E-state index in [9.17, 15) is 25.6 Å². The van der Waals surface area contributed by atoms with Crippen LogP contribution in [0.4, 0.5) is 8.78 Å². The lowest BCUT2D eigenvalue weighted by Crippen LogP contribution is -2.18. The van der Waals surface area contributed by atoms with Crippen LogP contribution in [0.3, 0.4) is 0 Å². The second-order valence-corrected chi connectivity index (χ2v) is 8.44. The monoisotopic (exact) mass is 416 g/mol. The molecule has 0 saturated carbocycles. The van der Waals surface area contributed by atoms with Gasteiger partial charge in [0.1, 0.15) is 17.0 Å². The molecule has 0 spiro atoms. The van der Waals surface area contributed by atoms with E-state index < -0.39 is 35.5 Å². The van der Waals surface area contributed by atoms with Crippen LogP contribution in [0.2, 0.25) is 0 Å². The standard InChI is InChI=1S/C14H10F2N4O5S2/c15-14(16)26(21,22)12-3-1-2-4-13(12)27(23,24)25-11-7-5-10(6-8-11)20-9-17-18-19-20/h1-9,14H. The highest BCUT2D eigenvalue weighted by Gasteiger charge is 2.34. The van der Waals surface area contributed by atoms with Crippen molar-refractivity contribution in [1.29, 1.82) is 0 Å². The Morgan fingerprint density at radius 3 is 2.11 bits per heavy atom. The van der Waals surface area contributed by atoms with Gasteiger partial charge in [0.05, 0.1) is 10.6 Å². The quantitative estimate of drug-likeness (QED) is 0.553. The number of hydrogen-bond acceptors (Lipinski definition) is 8. The van der Waals surface area contributed by atoms with Crippen molar-refractivity contribution in [2.24, 2.45) is 0 Å². The summed E-state index contributed by atoms with van der Waals surface area (Å²) in [4.78, 5) is -1.92. The molecule has 0 N–H and O–H groups in total. The molecular weight excluding hydrogens is 406 g/mol. The van der Waals surface area contributed by atoms with Gasteiger partial charge in [-0.15, -0.1) is 5.10 Å². The molecule has 3 aromatic rings. The molecule has 13 heteroatoms. The Morgan fingerprint density at radius 1 is 0.926 bits per heavy atom. The number of benzene rings is 2. The Bertz CT molecular complexity index is 1150. The molecule has 0 unspecified atom stereocenters. The first-order valence-corrected chi connectivity index (χ1v) is 10.1. The van der Waals surface area contributed by atoms with Crippen LogP contribution < -0.4 is 4.18 Å². The predicted molar refractivity (Wildman–Crippen MR) is 86.6 cm³/mol. The SMILES string of the molecule is O=S(=O)(Oc1ccc(-n2cnnn2)cc1)c1ccccc1S(=O)(=O)C(F)F. The van der Waals surface area contributed by atoms with Gasteiger partial charge in [0.25, 0.3) is 0 Å². The number of alkyl halides is 2. The van der Waals surface area contributed by atoms with E-state index in [0.29, 0.717) is 5.69 Å². The average Bonchev–Trinajstić information content (AvgIpc) is 3.16.